The molecule has 1 aliphatic heterocycles. The van der Waals surface area contributed by atoms with E-state index < -0.39 is 5.97 Å². The lowest BCUT2D eigenvalue weighted by atomic mass is 10.2. The van der Waals surface area contributed by atoms with Gasteiger partial charge in [-0.3, -0.25) is 5.01 Å². The van der Waals surface area contributed by atoms with Gasteiger partial charge in [-0.1, -0.05) is 0 Å². The van der Waals surface area contributed by atoms with Gasteiger partial charge in [0.15, 0.2) is 0 Å². The average molecular weight is 191 g/mol. The highest BCUT2D eigenvalue weighted by atomic mass is 16.4. The predicted molar refractivity (Wildman–Crippen MR) is 51.3 cm³/mol. The minimum atomic E-state index is -0.917. The van der Waals surface area contributed by atoms with Gasteiger partial charge in [0, 0.05) is 12.4 Å². The molecule has 0 spiro atoms. The number of benzene rings is 1. The molecule has 0 amide bonds. The van der Waals surface area contributed by atoms with Crippen LogP contribution in [0.15, 0.2) is 36.7 Å². The zero-order valence-electron chi connectivity index (χ0n) is 7.27. The third-order valence-corrected chi connectivity index (χ3v) is 1.88. The van der Waals surface area contributed by atoms with Gasteiger partial charge in [-0.15, -0.1) is 5.53 Å². The molecule has 1 aromatic carbocycles. The summed E-state index contributed by atoms with van der Waals surface area (Å²) < 4.78 is 0. The van der Waals surface area contributed by atoms with Crippen molar-refractivity contribution in [2.75, 3.05) is 5.01 Å². The third kappa shape index (κ3) is 1.53. The number of carbonyl (C=O) groups is 1. The van der Waals surface area contributed by atoms with Crippen molar-refractivity contribution in [3.8, 4) is 0 Å². The molecule has 1 aliphatic rings. The monoisotopic (exact) mass is 191 g/mol. The van der Waals surface area contributed by atoms with Gasteiger partial charge >= 0.3 is 5.97 Å². The quantitative estimate of drug-likeness (QED) is 0.641. The van der Waals surface area contributed by atoms with Crippen LogP contribution < -0.4 is 16.0 Å². The molecule has 5 heteroatoms. The molecule has 0 bridgehead atoms. The smallest absolute Gasteiger partial charge is 0.335 e. The highest BCUT2D eigenvalue weighted by Gasteiger charge is 2.07. The maximum Gasteiger partial charge on any atom is 0.335 e. The van der Waals surface area contributed by atoms with Gasteiger partial charge in [-0.2, -0.15) is 0 Å². The van der Waals surface area contributed by atoms with Crippen LogP contribution in [0.4, 0.5) is 5.69 Å². The topological polar surface area (TPSA) is 64.6 Å². The number of hydrazine groups is 2. The molecular formula is C9H9N3O2. The Labute approximate surface area is 80.6 Å². The number of anilines is 1. The molecule has 2 rings (SSSR count). The first-order valence-electron chi connectivity index (χ1n) is 4.08. The molecule has 0 radical (unpaired) electrons. The number of nitrogens with zero attached hydrogens (tertiary/aromatic N) is 1. The van der Waals surface area contributed by atoms with E-state index in [-0.39, 0.29) is 5.56 Å². The maximum atomic E-state index is 10.6. The number of hydrogen-bond acceptors (Lipinski definition) is 4. The van der Waals surface area contributed by atoms with E-state index in [4.69, 9.17) is 5.11 Å². The van der Waals surface area contributed by atoms with Crippen LogP contribution in [-0.2, 0) is 0 Å². The summed E-state index contributed by atoms with van der Waals surface area (Å²) >= 11 is 0. The summed E-state index contributed by atoms with van der Waals surface area (Å²) in [5.74, 6) is -0.917. The molecule has 0 aliphatic carbocycles. The van der Waals surface area contributed by atoms with Gasteiger partial charge in [0.1, 0.15) is 0 Å². The number of hydrogen-bond donors (Lipinski definition) is 3. The second-order valence-corrected chi connectivity index (χ2v) is 2.79. The van der Waals surface area contributed by atoms with Crippen LogP contribution in [-0.4, -0.2) is 11.1 Å². The summed E-state index contributed by atoms with van der Waals surface area (Å²) in [6.45, 7) is 0. The molecule has 72 valence electrons. The fraction of sp³-hybridized carbons (Fsp3) is 0. The predicted octanol–water partition coefficient (Wildman–Crippen LogP) is 0.685. The molecule has 0 saturated carbocycles. The molecule has 0 atom stereocenters. The van der Waals surface area contributed by atoms with Crippen molar-refractivity contribution < 1.29 is 9.90 Å². The van der Waals surface area contributed by atoms with Crippen molar-refractivity contribution in [1.29, 1.82) is 0 Å². The van der Waals surface area contributed by atoms with Gasteiger partial charge in [0.25, 0.3) is 0 Å². The highest BCUT2D eigenvalue weighted by molar-refractivity contribution is 5.88. The van der Waals surface area contributed by atoms with Crippen molar-refractivity contribution in [3.63, 3.8) is 0 Å². The van der Waals surface area contributed by atoms with Crippen LogP contribution in [0, 0.1) is 0 Å². The van der Waals surface area contributed by atoms with Crippen LogP contribution in [0.5, 0.6) is 0 Å². The molecule has 0 aromatic heterocycles. The van der Waals surface area contributed by atoms with Crippen molar-refractivity contribution in [3.05, 3.63) is 42.2 Å². The molecule has 3 N–H and O–H groups in total. The fourth-order valence-corrected chi connectivity index (χ4v) is 1.17. The Hall–Kier alpha value is -2.01. The lowest BCUT2D eigenvalue weighted by molar-refractivity contribution is 0.0697. The molecule has 0 saturated heterocycles. The van der Waals surface area contributed by atoms with Crippen molar-refractivity contribution in [2.24, 2.45) is 0 Å². The molecule has 5 nitrogen and oxygen atoms in total. The Bertz CT molecular complexity index is 372. The van der Waals surface area contributed by atoms with Crippen LogP contribution in [0.1, 0.15) is 10.4 Å². The molecule has 1 heterocycles. The summed E-state index contributed by atoms with van der Waals surface area (Å²) in [5, 5.41) is 10.4. The lowest BCUT2D eigenvalue weighted by Crippen LogP contribution is -2.35. The molecule has 14 heavy (non-hydrogen) atoms. The largest absolute Gasteiger partial charge is 0.478 e. The third-order valence-electron chi connectivity index (χ3n) is 1.88. The fourth-order valence-electron chi connectivity index (χ4n) is 1.17. The number of carboxylic acid groups (broad SMARTS) is 1. The van der Waals surface area contributed by atoms with E-state index in [0.717, 1.165) is 5.69 Å². The first-order chi connectivity index (χ1) is 6.77. The zero-order valence-corrected chi connectivity index (χ0v) is 7.27. The van der Waals surface area contributed by atoms with Crippen molar-refractivity contribution in [2.45, 2.75) is 0 Å². The van der Waals surface area contributed by atoms with Gasteiger partial charge in [-0.05, 0) is 24.3 Å². The Balaban J connectivity index is 2.21. The number of carboxylic acids is 1. The number of rotatable bonds is 2. The minimum Gasteiger partial charge on any atom is -0.478 e. The van der Waals surface area contributed by atoms with Crippen LogP contribution in [0.3, 0.4) is 0 Å². The molecular weight excluding hydrogens is 182 g/mol. The maximum absolute atomic E-state index is 10.6. The molecule has 0 unspecified atom stereocenters. The van der Waals surface area contributed by atoms with Crippen LogP contribution in [0.25, 0.3) is 0 Å². The van der Waals surface area contributed by atoms with E-state index in [1.807, 2.05) is 0 Å². The summed E-state index contributed by atoms with van der Waals surface area (Å²) in [6, 6.07) is 6.58. The molecule has 1 aromatic rings. The van der Waals surface area contributed by atoms with Gasteiger partial charge in [0.05, 0.1) is 11.3 Å². The van der Waals surface area contributed by atoms with E-state index in [2.05, 4.69) is 11.0 Å². The van der Waals surface area contributed by atoms with E-state index in [1.165, 1.54) is 0 Å². The number of aromatic carboxylic acids is 1. The van der Waals surface area contributed by atoms with Gasteiger partial charge in [0.2, 0.25) is 0 Å². The van der Waals surface area contributed by atoms with Crippen molar-refractivity contribution in [1.82, 2.24) is 11.0 Å². The minimum absolute atomic E-state index is 0.282. The Morgan fingerprint density at radius 3 is 2.50 bits per heavy atom. The van der Waals surface area contributed by atoms with Gasteiger partial charge in [-0.25, -0.2) is 4.79 Å². The van der Waals surface area contributed by atoms with Crippen LogP contribution >= 0.6 is 0 Å². The highest BCUT2D eigenvalue weighted by Crippen LogP contribution is 2.14. The second-order valence-electron chi connectivity index (χ2n) is 2.79. The summed E-state index contributed by atoms with van der Waals surface area (Å²) in [6.07, 6.45) is 3.54. The van der Waals surface area contributed by atoms with E-state index in [9.17, 15) is 4.79 Å². The Morgan fingerprint density at radius 2 is 2.00 bits per heavy atom. The van der Waals surface area contributed by atoms with Gasteiger partial charge < -0.3 is 10.5 Å². The standard InChI is InChI=1S/C9H9N3O2/c13-9(14)7-1-3-8(4-2-7)12-6-5-10-11-12/h1-6,10-11H,(H,13,14). The summed E-state index contributed by atoms with van der Waals surface area (Å²) in [7, 11) is 0. The van der Waals surface area contributed by atoms with E-state index >= 15 is 0 Å². The molecule has 0 fully saturated rings. The first kappa shape index (κ1) is 8.58. The van der Waals surface area contributed by atoms with Crippen LogP contribution in [0.2, 0.25) is 0 Å². The second kappa shape index (κ2) is 3.39. The van der Waals surface area contributed by atoms with E-state index in [1.54, 1.807) is 41.7 Å². The Kier molecular flexibility index (Phi) is 2.08. The lowest BCUT2D eigenvalue weighted by Gasteiger charge is -2.14. The summed E-state index contributed by atoms with van der Waals surface area (Å²) in [5.41, 5.74) is 6.79. The van der Waals surface area contributed by atoms with E-state index in [0.29, 0.717) is 0 Å². The summed E-state index contributed by atoms with van der Waals surface area (Å²) in [4.78, 5) is 10.6. The Morgan fingerprint density at radius 1 is 1.29 bits per heavy atom. The number of nitrogens with one attached hydrogen (secondary N) is 2. The zero-order chi connectivity index (χ0) is 9.97. The SMILES string of the molecule is O=C(O)c1ccc(N2C=CNN2)cc1. The first-order valence-corrected chi connectivity index (χ1v) is 4.08. The van der Waals surface area contributed by atoms with Crippen molar-refractivity contribution >= 4 is 11.7 Å². The average Bonchev–Trinajstić information content (AvgIpc) is 2.71. The normalized spacial score (nSPS) is 14.1.